The van der Waals surface area contributed by atoms with Crippen LogP contribution in [-0.4, -0.2) is 28.1 Å². The van der Waals surface area contributed by atoms with E-state index in [1.807, 2.05) is 0 Å². The van der Waals surface area contributed by atoms with Gasteiger partial charge in [-0.05, 0) is 27.7 Å². The molecular formula is C14H21F3O3Si. The molecule has 21 heavy (non-hydrogen) atoms. The van der Waals surface area contributed by atoms with Crippen molar-refractivity contribution in [3.05, 3.63) is 35.1 Å². The van der Waals surface area contributed by atoms with E-state index < -0.39 is 26.3 Å². The first-order valence-electron chi connectivity index (χ1n) is 6.73. The van der Waals surface area contributed by atoms with Crippen LogP contribution >= 0.6 is 0 Å². The molecule has 0 aliphatic rings. The van der Waals surface area contributed by atoms with Crippen LogP contribution in [0.15, 0.2) is 12.1 Å². The lowest BCUT2D eigenvalue weighted by molar-refractivity contribution is 0.0315. The van der Waals surface area contributed by atoms with Gasteiger partial charge in [-0.15, -0.1) is 0 Å². The van der Waals surface area contributed by atoms with Crippen molar-refractivity contribution in [1.29, 1.82) is 0 Å². The van der Waals surface area contributed by atoms with Gasteiger partial charge in [0.2, 0.25) is 0 Å². The Kier molecular flexibility index (Phi) is 6.39. The normalized spacial score (nSPS) is 12.5. The highest BCUT2D eigenvalue weighted by molar-refractivity contribution is 6.60. The first-order valence-corrected chi connectivity index (χ1v) is 8.66. The highest BCUT2D eigenvalue weighted by Crippen LogP contribution is 2.24. The molecule has 1 rings (SSSR count). The Morgan fingerprint density at radius 1 is 0.952 bits per heavy atom. The van der Waals surface area contributed by atoms with Gasteiger partial charge in [-0.25, -0.2) is 13.2 Å². The molecule has 0 unspecified atom stereocenters. The van der Waals surface area contributed by atoms with Crippen molar-refractivity contribution in [3.8, 4) is 0 Å². The first-order chi connectivity index (χ1) is 9.69. The molecule has 0 saturated carbocycles. The van der Waals surface area contributed by atoms with Crippen molar-refractivity contribution in [3.63, 3.8) is 0 Å². The summed E-state index contributed by atoms with van der Waals surface area (Å²) in [5.74, 6) is -2.91. The molecule has 0 radical (unpaired) electrons. The lowest BCUT2D eigenvalue weighted by Gasteiger charge is -2.32. The average Bonchev–Trinajstić information content (AvgIpc) is 2.32. The number of benzene rings is 1. The summed E-state index contributed by atoms with van der Waals surface area (Å²) in [5, 5.41) is 0. The summed E-state index contributed by atoms with van der Waals surface area (Å²) >= 11 is 0. The van der Waals surface area contributed by atoms with Gasteiger partial charge in [0.1, 0.15) is 17.5 Å². The second-order valence-electron chi connectivity index (χ2n) is 5.25. The standard InChI is InChI=1S/C14H21F3O3Si/c1-9(2)19-21(18-5,20-10(3)4)8-12-13(16)6-11(15)7-14(12)17/h6-7,9-10H,8H2,1-5H3. The summed E-state index contributed by atoms with van der Waals surface area (Å²) in [6, 6.07) is 1.08. The average molecular weight is 322 g/mol. The van der Waals surface area contributed by atoms with Crippen LogP contribution in [0.4, 0.5) is 13.2 Å². The number of hydrogen-bond donors (Lipinski definition) is 0. The summed E-state index contributed by atoms with van der Waals surface area (Å²) in [6.45, 7) is 7.12. The van der Waals surface area contributed by atoms with E-state index in [2.05, 4.69) is 0 Å². The molecule has 0 N–H and O–H groups in total. The van der Waals surface area contributed by atoms with Gasteiger partial charge in [-0.1, -0.05) is 0 Å². The maximum Gasteiger partial charge on any atom is 0.505 e. The minimum absolute atomic E-state index is 0.197. The van der Waals surface area contributed by atoms with Gasteiger partial charge < -0.3 is 13.3 Å². The summed E-state index contributed by atoms with van der Waals surface area (Å²) in [6.07, 6.45) is -0.469. The first kappa shape index (κ1) is 18.2. The maximum absolute atomic E-state index is 13.8. The third-order valence-corrected chi connectivity index (χ3v) is 5.71. The van der Waals surface area contributed by atoms with Crippen LogP contribution in [-0.2, 0) is 19.3 Å². The topological polar surface area (TPSA) is 27.7 Å². The minimum Gasteiger partial charge on any atom is -0.377 e. The minimum atomic E-state index is -3.32. The van der Waals surface area contributed by atoms with E-state index in [9.17, 15) is 13.2 Å². The Labute approximate surface area is 124 Å². The van der Waals surface area contributed by atoms with Gasteiger partial charge in [0.25, 0.3) is 0 Å². The number of hydrogen-bond acceptors (Lipinski definition) is 3. The predicted octanol–water partition coefficient (Wildman–Crippen LogP) is 3.62. The van der Waals surface area contributed by atoms with Crippen molar-refractivity contribution in [2.24, 2.45) is 0 Å². The number of rotatable bonds is 7. The van der Waals surface area contributed by atoms with Crippen molar-refractivity contribution < 1.29 is 26.4 Å². The van der Waals surface area contributed by atoms with Crippen molar-refractivity contribution in [1.82, 2.24) is 0 Å². The molecule has 0 fully saturated rings. The van der Waals surface area contributed by atoms with E-state index in [0.29, 0.717) is 12.1 Å². The van der Waals surface area contributed by atoms with E-state index in [-0.39, 0.29) is 23.8 Å². The molecule has 0 spiro atoms. The molecule has 0 aliphatic heterocycles. The lowest BCUT2D eigenvalue weighted by atomic mass is 10.2. The zero-order valence-electron chi connectivity index (χ0n) is 12.9. The molecule has 0 aliphatic carbocycles. The van der Waals surface area contributed by atoms with E-state index in [1.165, 1.54) is 7.11 Å². The summed E-state index contributed by atoms with van der Waals surface area (Å²) in [7, 11) is -1.93. The van der Waals surface area contributed by atoms with Crippen LogP contribution in [0.2, 0.25) is 0 Å². The molecule has 0 heterocycles. The van der Waals surface area contributed by atoms with Crippen LogP contribution in [0.3, 0.4) is 0 Å². The van der Waals surface area contributed by atoms with Gasteiger partial charge in [-0.2, -0.15) is 0 Å². The van der Waals surface area contributed by atoms with Gasteiger partial charge in [0.15, 0.2) is 0 Å². The largest absolute Gasteiger partial charge is 0.505 e. The predicted molar refractivity (Wildman–Crippen MR) is 75.2 cm³/mol. The molecule has 0 bridgehead atoms. The number of halogens is 3. The Morgan fingerprint density at radius 3 is 1.71 bits per heavy atom. The van der Waals surface area contributed by atoms with Crippen LogP contribution in [0, 0.1) is 17.5 Å². The molecule has 0 atom stereocenters. The zero-order chi connectivity index (χ0) is 16.2. The fourth-order valence-corrected chi connectivity index (χ4v) is 4.72. The second kappa shape index (κ2) is 7.39. The summed E-state index contributed by atoms with van der Waals surface area (Å²) < 4.78 is 57.4. The van der Waals surface area contributed by atoms with Crippen molar-refractivity contribution in [2.75, 3.05) is 7.11 Å². The Balaban J connectivity index is 3.16. The SMILES string of the molecule is CO[Si](Cc1c(F)cc(F)cc1F)(OC(C)C)OC(C)C. The van der Waals surface area contributed by atoms with Gasteiger partial charge in [0.05, 0.1) is 0 Å². The maximum atomic E-state index is 13.8. The molecular weight excluding hydrogens is 301 g/mol. The lowest BCUT2D eigenvalue weighted by Crippen LogP contribution is -2.51. The van der Waals surface area contributed by atoms with Gasteiger partial charge >= 0.3 is 8.80 Å². The molecule has 1 aromatic carbocycles. The highest BCUT2D eigenvalue weighted by Gasteiger charge is 2.44. The Hall–Kier alpha value is -0.893. The van der Waals surface area contributed by atoms with Crippen LogP contribution in [0.5, 0.6) is 0 Å². The molecule has 7 heteroatoms. The highest BCUT2D eigenvalue weighted by atomic mass is 28.4. The van der Waals surface area contributed by atoms with E-state index >= 15 is 0 Å². The molecule has 1 aromatic rings. The van der Waals surface area contributed by atoms with Crippen molar-refractivity contribution >= 4 is 8.80 Å². The molecule has 3 nitrogen and oxygen atoms in total. The molecule has 120 valence electrons. The zero-order valence-corrected chi connectivity index (χ0v) is 13.9. The quantitative estimate of drug-likeness (QED) is 0.718. The fourth-order valence-electron chi connectivity index (χ4n) is 1.96. The molecule has 0 aromatic heterocycles. The smallest absolute Gasteiger partial charge is 0.377 e. The third kappa shape index (κ3) is 5.10. The van der Waals surface area contributed by atoms with Gasteiger partial charge in [-0.3, -0.25) is 0 Å². The Morgan fingerprint density at radius 2 is 1.38 bits per heavy atom. The third-order valence-electron chi connectivity index (χ3n) is 2.64. The monoisotopic (exact) mass is 322 g/mol. The second-order valence-corrected chi connectivity index (χ2v) is 7.84. The van der Waals surface area contributed by atoms with E-state index in [0.717, 1.165) is 0 Å². The van der Waals surface area contributed by atoms with Crippen LogP contribution in [0.1, 0.15) is 33.3 Å². The summed E-state index contributed by atoms with van der Waals surface area (Å²) in [4.78, 5) is 0. The molecule has 0 amide bonds. The van der Waals surface area contributed by atoms with Gasteiger partial charge in [0, 0.05) is 43.1 Å². The van der Waals surface area contributed by atoms with Crippen LogP contribution in [0.25, 0.3) is 0 Å². The van der Waals surface area contributed by atoms with Crippen molar-refractivity contribution in [2.45, 2.75) is 45.9 Å². The molecule has 0 saturated heterocycles. The van der Waals surface area contributed by atoms with E-state index in [4.69, 9.17) is 13.3 Å². The fraction of sp³-hybridized carbons (Fsp3) is 0.571. The van der Waals surface area contributed by atoms with E-state index in [1.54, 1.807) is 27.7 Å². The Bertz CT molecular complexity index is 448. The van der Waals surface area contributed by atoms with Crippen LogP contribution < -0.4 is 0 Å². The summed E-state index contributed by atoms with van der Waals surface area (Å²) in [5.41, 5.74) is -0.286.